The first-order chi connectivity index (χ1) is 21.8. The van der Waals surface area contributed by atoms with Crippen LogP contribution in [0.1, 0.15) is 40.3 Å². The zero-order valence-electron chi connectivity index (χ0n) is 25.5. The van der Waals surface area contributed by atoms with Gasteiger partial charge < -0.3 is 35.7 Å². The highest BCUT2D eigenvalue weighted by atomic mass is 35.5. The fraction of sp³-hybridized carbons (Fsp3) is 0.344. The lowest BCUT2D eigenvalue weighted by atomic mass is 10.0. The van der Waals surface area contributed by atoms with E-state index in [2.05, 4.69) is 31.2 Å². The molecule has 1 aliphatic rings. The van der Waals surface area contributed by atoms with Crippen molar-refractivity contribution in [3.8, 4) is 28.4 Å². The van der Waals surface area contributed by atoms with Crippen molar-refractivity contribution >= 4 is 29.1 Å². The van der Waals surface area contributed by atoms with Crippen LogP contribution in [0, 0.1) is 6.92 Å². The topological polar surface area (TPSA) is 155 Å². The smallest absolute Gasteiger partial charge is 0.291 e. The van der Waals surface area contributed by atoms with Crippen LogP contribution in [0.2, 0.25) is 5.02 Å². The number of rotatable bonds is 13. The van der Waals surface area contributed by atoms with Gasteiger partial charge in [-0.15, -0.1) is 0 Å². The molecule has 0 saturated carbocycles. The Balaban J connectivity index is 1.34. The molecule has 5 N–H and O–H groups in total. The van der Waals surface area contributed by atoms with Gasteiger partial charge in [0.1, 0.15) is 0 Å². The summed E-state index contributed by atoms with van der Waals surface area (Å²) < 4.78 is 7.27. The summed E-state index contributed by atoms with van der Waals surface area (Å²) in [6, 6.07) is 11.4. The molecule has 1 unspecified atom stereocenters. The van der Waals surface area contributed by atoms with Gasteiger partial charge in [-0.2, -0.15) is 0 Å². The third-order valence-electron chi connectivity index (χ3n) is 7.65. The van der Waals surface area contributed by atoms with Gasteiger partial charge in [-0.25, -0.2) is 9.97 Å². The highest BCUT2D eigenvalue weighted by Gasteiger charge is 2.21. The minimum atomic E-state index is -0.349. The third kappa shape index (κ3) is 7.48. The van der Waals surface area contributed by atoms with E-state index in [0.717, 1.165) is 23.1 Å². The average molecular weight is 633 g/mol. The highest BCUT2D eigenvalue weighted by Crippen LogP contribution is 2.38. The van der Waals surface area contributed by atoms with Crippen LogP contribution in [0.3, 0.4) is 0 Å². The van der Waals surface area contributed by atoms with Crippen molar-refractivity contribution in [3.05, 3.63) is 76.5 Å². The van der Waals surface area contributed by atoms with Gasteiger partial charge in [0.15, 0.2) is 5.82 Å². The first-order valence-corrected chi connectivity index (χ1v) is 15.1. The van der Waals surface area contributed by atoms with Crippen LogP contribution in [-0.4, -0.2) is 69.3 Å². The highest BCUT2D eigenvalue weighted by molar-refractivity contribution is 6.35. The fourth-order valence-corrected chi connectivity index (χ4v) is 5.61. The number of anilines is 1. The molecule has 0 radical (unpaired) electrons. The SMILES string of the molecule is COc1nc(-c2ccnc(-c3cccc(NC(=O)c4nc(CNCCO)cn4C)c3C)c2Cl)ccc1CNCC1CCC(=O)N1. The molecule has 1 fully saturated rings. The second-order valence-electron chi connectivity index (χ2n) is 10.8. The Morgan fingerprint density at radius 2 is 2.00 bits per heavy atom. The first kappa shape index (κ1) is 32.0. The van der Waals surface area contributed by atoms with Crippen molar-refractivity contribution in [3.63, 3.8) is 0 Å². The number of hydrogen-bond acceptors (Lipinski definition) is 9. The Labute approximate surface area is 266 Å². The lowest BCUT2D eigenvalue weighted by molar-refractivity contribution is -0.119. The molecule has 1 aliphatic heterocycles. The maximum atomic E-state index is 13.2. The van der Waals surface area contributed by atoms with Gasteiger partial charge in [0.05, 0.1) is 35.8 Å². The number of aryl methyl sites for hydroxylation is 1. The summed E-state index contributed by atoms with van der Waals surface area (Å²) in [6.45, 7) is 4.02. The predicted molar refractivity (Wildman–Crippen MR) is 172 cm³/mol. The van der Waals surface area contributed by atoms with Gasteiger partial charge in [-0.3, -0.25) is 14.6 Å². The number of aliphatic hydroxyl groups excluding tert-OH is 1. The monoisotopic (exact) mass is 632 g/mol. The Kier molecular flexibility index (Phi) is 10.4. The summed E-state index contributed by atoms with van der Waals surface area (Å²) in [6.07, 6.45) is 4.85. The third-order valence-corrected chi connectivity index (χ3v) is 8.03. The van der Waals surface area contributed by atoms with E-state index in [-0.39, 0.29) is 30.3 Å². The van der Waals surface area contributed by atoms with E-state index in [1.54, 1.807) is 31.1 Å². The molecular weight excluding hydrogens is 596 g/mol. The molecule has 13 heteroatoms. The van der Waals surface area contributed by atoms with E-state index in [9.17, 15) is 9.59 Å². The molecular formula is C32H37ClN8O4. The van der Waals surface area contributed by atoms with E-state index in [1.807, 2.05) is 43.3 Å². The standard InChI is InChI=1S/C32H37ClN8O4/c1-19-23(5-4-6-25(19)39-31(44)30-38-22(18-41(30)2)17-34-13-14-42)29-28(33)24(11-12-36-29)26-9-7-20(32(40-26)45-3)15-35-16-21-8-10-27(43)37-21/h4-7,9,11-12,18,21,34-35,42H,8,10,13-17H2,1-3H3,(H,37,43)(H,39,44). The van der Waals surface area contributed by atoms with E-state index in [0.29, 0.717) is 71.8 Å². The Morgan fingerprint density at radius 3 is 2.76 bits per heavy atom. The Bertz CT molecular complexity index is 1690. The minimum Gasteiger partial charge on any atom is -0.481 e. The quantitative estimate of drug-likeness (QED) is 0.140. The molecule has 1 aromatic carbocycles. The van der Waals surface area contributed by atoms with Crippen LogP contribution >= 0.6 is 11.6 Å². The average Bonchev–Trinajstić information content (AvgIpc) is 3.63. The van der Waals surface area contributed by atoms with Gasteiger partial charge in [0.2, 0.25) is 11.8 Å². The number of aromatic nitrogens is 4. The second kappa shape index (κ2) is 14.6. The number of ether oxygens (including phenoxy) is 1. The van der Waals surface area contributed by atoms with Gasteiger partial charge in [-0.05, 0) is 37.1 Å². The fourth-order valence-electron chi connectivity index (χ4n) is 5.30. The van der Waals surface area contributed by atoms with Gasteiger partial charge >= 0.3 is 0 Å². The number of nitrogens with one attached hydrogen (secondary N) is 4. The molecule has 1 saturated heterocycles. The number of aliphatic hydroxyl groups is 1. The lowest BCUT2D eigenvalue weighted by Gasteiger charge is -2.16. The van der Waals surface area contributed by atoms with Crippen LogP contribution in [0.25, 0.3) is 22.5 Å². The van der Waals surface area contributed by atoms with E-state index in [4.69, 9.17) is 26.4 Å². The number of carbonyl (C=O) groups is 2. The van der Waals surface area contributed by atoms with Crippen molar-refractivity contribution < 1.29 is 19.4 Å². The number of halogens is 1. The summed E-state index contributed by atoms with van der Waals surface area (Å²) in [5, 5.41) is 21.8. The van der Waals surface area contributed by atoms with Crippen LogP contribution in [0.4, 0.5) is 5.69 Å². The molecule has 45 heavy (non-hydrogen) atoms. The molecule has 3 aromatic heterocycles. The molecule has 1 atom stereocenters. The molecule has 236 valence electrons. The van der Waals surface area contributed by atoms with Crippen molar-refractivity contribution in [2.75, 3.05) is 32.1 Å². The zero-order chi connectivity index (χ0) is 31.9. The summed E-state index contributed by atoms with van der Waals surface area (Å²) in [7, 11) is 3.34. The summed E-state index contributed by atoms with van der Waals surface area (Å²) in [4.78, 5) is 38.4. The lowest BCUT2D eigenvalue weighted by Crippen LogP contribution is -2.35. The van der Waals surface area contributed by atoms with Crippen molar-refractivity contribution in [2.45, 2.75) is 38.9 Å². The molecule has 0 bridgehead atoms. The van der Waals surface area contributed by atoms with Gasteiger partial charge in [0, 0.05) is 80.5 Å². The van der Waals surface area contributed by atoms with Crippen molar-refractivity contribution in [1.82, 2.24) is 35.5 Å². The predicted octanol–water partition coefficient (Wildman–Crippen LogP) is 3.22. The van der Waals surface area contributed by atoms with Crippen molar-refractivity contribution in [1.29, 1.82) is 0 Å². The first-order valence-electron chi connectivity index (χ1n) is 14.7. The molecule has 0 spiro atoms. The van der Waals surface area contributed by atoms with E-state index >= 15 is 0 Å². The zero-order valence-corrected chi connectivity index (χ0v) is 26.2. The Hall–Kier alpha value is -4.36. The van der Waals surface area contributed by atoms with Crippen molar-refractivity contribution in [2.24, 2.45) is 7.05 Å². The van der Waals surface area contributed by atoms with E-state index in [1.165, 1.54) is 0 Å². The maximum absolute atomic E-state index is 13.2. The number of amides is 2. The number of nitrogens with zero attached hydrogens (tertiary/aromatic N) is 4. The van der Waals surface area contributed by atoms with Gasteiger partial charge in [0.25, 0.3) is 5.91 Å². The molecule has 2 amide bonds. The van der Waals surface area contributed by atoms with Crippen LogP contribution in [0.5, 0.6) is 5.88 Å². The van der Waals surface area contributed by atoms with Crippen LogP contribution in [-0.2, 0) is 24.9 Å². The number of carbonyl (C=O) groups excluding carboxylic acids is 2. The number of methoxy groups -OCH3 is 1. The Morgan fingerprint density at radius 1 is 1.16 bits per heavy atom. The largest absolute Gasteiger partial charge is 0.481 e. The minimum absolute atomic E-state index is 0.0242. The maximum Gasteiger partial charge on any atom is 0.291 e. The van der Waals surface area contributed by atoms with Crippen LogP contribution < -0.4 is 26.0 Å². The van der Waals surface area contributed by atoms with Crippen LogP contribution in [0.15, 0.2) is 48.8 Å². The summed E-state index contributed by atoms with van der Waals surface area (Å²) in [5.74, 6) is 0.487. The summed E-state index contributed by atoms with van der Waals surface area (Å²) >= 11 is 6.97. The number of imidazole rings is 1. The molecule has 12 nitrogen and oxygen atoms in total. The second-order valence-corrected chi connectivity index (χ2v) is 11.2. The summed E-state index contributed by atoms with van der Waals surface area (Å²) in [5.41, 5.74) is 5.63. The number of hydrogen-bond donors (Lipinski definition) is 5. The normalized spacial score (nSPS) is 14.4. The molecule has 5 rings (SSSR count). The van der Waals surface area contributed by atoms with E-state index < -0.39 is 0 Å². The number of benzene rings is 1. The molecule has 4 heterocycles. The number of pyridine rings is 2. The molecule has 4 aromatic rings. The molecule has 0 aliphatic carbocycles. The van der Waals surface area contributed by atoms with Gasteiger partial charge in [-0.1, -0.05) is 29.8 Å².